The molecule has 0 N–H and O–H groups in total. The average molecular weight is 268 g/mol. The minimum atomic E-state index is 0.129. The first-order chi connectivity index (χ1) is 5.65. The molecular formula is C8H8BrClOS. The number of rotatable bonds is 3. The zero-order valence-corrected chi connectivity index (χ0v) is 9.72. The highest BCUT2D eigenvalue weighted by molar-refractivity contribution is 9.11. The maximum absolute atomic E-state index is 11.3. The van der Waals surface area contributed by atoms with Gasteiger partial charge in [-0.25, -0.2) is 0 Å². The highest BCUT2D eigenvalue weighted by atomic mass is 79.9. The summed E-state index contributed by atoms with van der Waals surface area (Å²) < 4.78 is 1.03. The van der Waals surface area contributed by atoms with Crippen LogP contribution >= 0.6 is 38.9 Å². The second kappa shape index (κ2) is 4.40. The van der Waals surface area contributed by atoms with Gasteiger partial charge in [0, 0.05) is 12.3 Å². The van der Waals surface area contributed by atoms with Gasteiger partial charge in [0.1, 0.15) is 0 Å². The summed E-state index contributed by atoms with van der Waals surface area (Å²) in [6, 6.07) is 1.89. The topological polar surface area (TPSA) is 17.1 Å². The molecule has 0 unspecified atom stereocenters. The van der Waals surface area contributed by atoms with E-state index in [9.17, 15) is 4.79 Å². The van der Waals surface area contributed by atoms with Crippen LogP contribution in [-0.2, 0) is 0 Å². The van der Waals surface area contributed by atoms with Crippen molar-refractivity contribution in [2.45, 2.75) is 13.3 Å². The van der Waals surface area contributed by atoms with E-state index in [0.717, 1.165) is 14.2 Å². The summed E-state index contributed by atoms with van der Waals surface area (Å²) in [6.45, 7) is 1.97. The van der Waals surface area contributed by atoms with E-state index in [1.807, 2.05) is 13.0 Å². The third kappa shape index (κ3) is 2.31. The van der Waals surface area contributed by atoms with Crippen LogP contribution < -0.4 is 0 Å². The summed E-state index contributed by atoms with van der Waals surface area (Å²) in [5.74, 6) is 0.525. The quantitative estimate of drug-likeness (QED) is 0.604. The van der Waals surface area contributed by atoms with Crippen molar-refractivity contribution >= 4 is 44.7 Å². The normalized spacial score (nSPS) is 10.2. The molecule has 4 heteroatoms. The number of carbonyl (C=O) groups is 1. The van der Waals surface area contributed by atoms with E-state index in [-0.39, 0.29) is 5.78 Å². The lowest BCUT2D eigenvalue weighted by Crippen LogP contribution is -1.95. The van der Waals surface area contributed by atoms with Gasteiger partial charge < -0.3 is 0 Å². The number of Topliss-reactive ketones (excluding diaryl/α,β-unsaturated/α-hetero) is 1. The Morgan fingerprint density at radius 1 is 1.75 bits per heavy atom. The number of hydrogen-bond donors (Lipinski definition) is 0. The fourth-order valence-electron chi connectivity index (χ4n) is 0.806. The van der Waals surface area contributed by atoms with Crippen molar-refractivity contribution in [3.05, 3.63) is 20.3 Å². The van der Waals surface area contributed by atoms with Gasteiger partial charge in [0.15, 0.2) is 5.78 Å². The minimum absolute atomic E-state index is 0.129. The van der Waals surface area contributed by atoms with E-state index in [1.165, 1.54) is 11.3 Å². The number of carbonyl (C=O) groups excluding carboxylic acids is 1. The van der Waals surface area contributed by atoms with Crippen LogP contribution in [0, 0.1) is 6.92 Å². The van der Waals surface area contributed by atoms with Crippen LogP contribution in [0.25, 0.3) is 0 Å². The summed E-state index contributed by atoms with van der Waals surface area (Å²) in [4.78, 5) is 12.1. The van der Waals surface area contributed by atoms with E-state index >= 15 is 0 Å². The molecule has 1 aromatic heterocycles. The molecule has 0 spiro atoms. The lowest BCUT2D eigenvalue weighted by molar-refractivity contribution is 0.0993. The van der Waals surface area contributed by atoms with Gasteiger partial charge in [-0.2, -0.15) is 0 Å². The Bertz CT molecular complexity index is 276. The minimum Gasteiger partial charge on any atom is -0.293 e. The number of hydrogen-bond acceptors (Lipinski definition) is 2. The molecule has 0 aliphatic heterocycles. The first kappa shape index (κ1) is 10.2. The molecule has 0 radical (unpaired) electrons. The van der Waals surface area contributed by atoms with Gasteiger partial charge in [-0.1, -0.05) is 0 Å². The highest BCUT2D eigenvalue weighted by Crippen LogP contribution is 2.28. The molecule has 12 heavy (non-hydrogen) atoms. The van der Waals surface area contributed by atoms with Crippen molar-refractivity contribution < 1.29 is 4.79 Å². The third-order valence-corrected chi connectivity index (χ3v) is 3.82. The van der Waals surface area contributed by atoms with Crippen LogP contribution in [0.4, 0.5) is 0 Å². The van der Waals surface area contributed by atoms with Gasteiger partial charge in [0.25, 0.3) is 0 Å². The van der Waals surface area contributed by atoms with Crippen molar-refractivity contribution in [2.24, 2.45) is 0 Å². The SMILES string of the molecule is Cc1cc(C(=O)CCCl)sc1Br. The molecule has 0 aromatic carbocycles. The molecule has 0 fully saturated rings. The molecule has 0 aliphatic carbocycles. The average Bonchev–Trinajstić information content (AvgIpc) is 2.33. The monoisotopic (exact) mass is 266 g/mol. The number of alkyl halides is 1. The van der Waals surface area contributed by atoms with E-state index in [4.69, 9.17) is 11.6 Å². The van der Waals surface area contributed by atoms with Gasteiger partial charge in [-0.3, -0.25) is 4.79 Å². The van der Waals surface area contributed by atoms with Crippen molar-refractivity contribution in [3.8, 4) is 0 Å². The summed E-state index contributed by atoms with van der Waals surface area (Å²) >= 11 is 10.3. The zero-order chi connectivity index (χ0) is 9.14. The molecule has 66 valence electrons. The van der Waals surface area contributed by atoms with Gasteiger partial charge in [-0.15, -0.1) is 22.9 Å². The Labute approximate surface area is 88.9 Å². The molecule has 0 saturated carbocycles. The first-order valence-electron chi connectivity index (χ1n) is 3.50. The zero-order valence-electron chi connectivity index (χ0n) is 6.56. The lowest BCUT2D eigenvalue weighted by Gasteiger charge is -1.90. The predicted octanol–water partition coefficient (Wildman–Crippen LogP) is 3.63. The van der Waals surface area contributed by atoms with Gasteiger partial charge >= 0.3 is 0 Å². The van der Waals surface area contributed by atoms with Crippen LogP contribution in [0.1, 0.15) is 21.7 Å². The van der Waals surface area contributed by atoms with E-state index < -0.39 is 0 Å². The lowest BCUT2D eigenvalue weighted by atomic mass is 10.2. The molecule has 1 aromatic rings. The fourth-order valence-corrected chi connectivity index (χ4v) is 2.48. The standard InChI is InChI=1S/C8H8BrClOS/c1-5-4-7(12-8(5)9)6(11)2-3-10/h4H,2-3H2,1H3. The second-order valence-corrected chi connectivity index (χ2v) is 5.18. The van der Waals surface area contributed by atoms with Gasteiger partial charge in [-0.05, 0) is 34.5 Å². The van der Waals surface area contributed by atoms with Gasteiger partial charge in [0.05, 0.1) is 8.66 Å². The fraction of sp³-hybridized carbons (Fsp3) is 0.375. The highest BCUT2D eigenvalue weighted by Gasteiger charge is 2.09. The smallest absolute Gasteiger partial charge is 0.174 e. The number of thiophene rings is 1. The molecule has 0 aliphatic rings. The molecule has 0 bridgehead atoms. The predicted molar refractivity (Wildman–Crippen MR) is 56.4 cm³/mol. The van der Waals surface area contributed by atoms with Crippen LogP contribution in [0.5, 0.6) is 0 Å². The van der Waals surface area contributed by atoms with Crippen molar-refractivity contribution in [2.75, 3.05) is 5.88 Å². The maximum Gasteiger partial charge on any atom is 0.174 e. The summed E-state index contributed by atoms with van der Waals surface area (Å²) in [6.07, 6.45) is 0.425. The molecule has 1 heterocycles. The molecular weight excluding hydrogens is 260 g/mol. The van der Waals surface area contributed by atoms with Crippen molar-refractivity contribution in [1.82, 2.24) is 0 Å². The molecule has 0 atom stereocenters. The van der Waals surface area contributed by atoms with Crippen LogP contribution in [0.2, 0.25) is 0 Å². The molecule has 0 saturated heterocycles. The van der Waals surface area contributed by atoms with Crippen molar-refractivity contribution in [3.63, 3.8) is 0 Å². The van der Waals surface area contributed by atoms with E-state index in [2.05, 4.69) is 15.9 Å². The molecule has 0 amide bonds. The van der Waals surface area contributed by atoms with Gasteiger partial charge in [0.2, 0.25) is 0 Å². The molecule has 1 nitrogen and oxygen atoms in total. The van der Waals surface area contributed by atoms with Crippen LogP contribution in [0.15, 0.2) is 9.85 Å². The summed E-state index contributed by atoms with van der Waals surface area (Å²) in [7, 11) is 0. The summed E-state index contributed by atoms with van der Waals surface area (Å²) in [5, 5.41) is 0. The largest absolute Gasteiger partial charge is 0.293 e. The third-order valence-electron chi connectivity index (χ3n) is 1.45. The Morgan fingerprint density at radius 2 is 2.42 bits per heavy atom. The maximum atomic E-state index is 11.3. The van der Waals surface area contributed by atoms with E-state index in [0.29, 0.717) is 12.3 Å². The van der Waals surface area contributed by atoms with E-state index in [1.54, 1.807) is 0 Å². The summed E-state index contributed by atoms with van der Waals surface area (Å²) in [5.41, 5.74) is 1.11. The second-order valence-electron chi connectivity index (χ2n) is 2.43. The van der Waals surface area contributed by atoms with Crippen LogP contribution in [0.3, 0.4) is 0 Å². The molecule has 1 rings (SSSR count). The Hall–Kier alpha value is 0.140. The Balaban J connectivity index is 2.82. The van der Waals surface area contributed by atoms with Crippen molar-refractivity contribution in [1.29, 1.82) is 0 Å². The number of halogens is 2. The number of ketones is 1. The number of aryl methyl sites for hydroxylation is 1. The Kier molecular flexibility index (Phi) is 3.75. The Morgan fingerprint density at radius 3 is 2.83 bits per heavy atom. The van der Waals surface area contributed by atoms with Crippen LogP contribution in [-0.4, -0.2) is 11.7 Å². The first-order valence-corrected chi connectivity index (χ1v) is 5.64.